The molecule has 2 N–H and O–H groups in total. The van der Waals surface area contributed by atoms with Crippen molar-refractivity contribution in [3.05, 3.63) is 28.2 Å². The number of rotatable bonds is 6. The van der Waals surface area contributed by atoms with Gasteiger partial charge in [0.1, 0.15) is 0 Å². The number of nitrogens with two attached hydrogens (primary N) is 1. The molecule has 0 aliphatic heterocycles. The van der Waals surface area contributed by atoms with Crippen LogP contribution in [0, 0.1) is 5.92 Å². The molecule has 1 aromatic carbocycles. The number of nitrogen functional groups attached to an aromatic ring is 1. The molecule has 3 heteroatoms. The maximum absolute atomic E-state index is 5.94. The third kappa shape index (κ3) is 4.49. The normalized spacial score (nSPS) is 16.4. The van der Waals surface area contributed by atoms with Gasteiger partial charge in [-0.1, -0.05) is 42.6 Å². The summed E-state index contributed by atoms with van der Waals surface area (Å²) in [4.78, 5) is 2.67. The molecule has 0 saturated heterocycles. The Morgan fingerprint density at radius 3 is 2.65 bits per heavy atom. The average Bonchev–Trinajstić information content (AvgIpc) is 2.92. The average molecular weight is 339 g/mol. The van der Waals surface area contributed by atoms with Crippen LogP contribution in [0.3, 0.4) is 0 Å². The van der Waals surface area contributed by atoms with Gasteiger partial charge in [-0.25, -0.2) is 0 Å². The molecule has 0 amide bonds. The van der Waals surface area contributed by atoms with Crippen molar-refractivity contribution in [3.8, 4) is 0 Å². The number of hydrogen-bond acceptors (Lipinski definition) is 2. The van der Waals surface area contributed by atoms with Gasteiger partial charge in [-0.05, 0) is 55.5 Å². The van der Waals surface area contributed by atoms with Crippen molar-refractivity contribution >= 4 is 21.6 Å². The zero-order valence-electron chi connectivity index (χ0n) is 12.7. The van der Waals surface area contributed by atoms with Crippen LogP contribution >= 0.6 is 15.9 Å². The summed E-state index contributed by atoms with van der Waals surface area (Å²) in [6.07, 6.45) is 6.77. The van der Waals surface area contributed by atoms with Crippen LogP contribution in [-0.4, -0.2) is 17.5 Å². The summed E-state index contributed by atoms with van der Waals surface area (Å²) in [5.41, 5.74) is 8.12. The molecule has 1 fully saturated rings. The van der Waals surface area contributed by atoms with E-state index in [1.165, 1.54) is 48.7 Å². The van der Waals surface area contributed by atoms with E-state index in [1.54, 1.807) is 0 Å². The van der Waals surface area contributed by atoms with Gasteiger partial charge in [0.15, 0.2) is 0 Å². The SMILES string of the molecule is CC(C)CCN(Cc1cc(N)ccc1Br)C1CCCC1. The van der Waals surface area contributed by atoms with Gasteiger partial charge in [-0.2, -0.15) is 0 Å². The quantitative estimate of drug-likeness (QED) is 0.753. The minimum atomic E-state index is 0.766. The highest BCUT2D eigenvalue weighted by atomic mass is 79.9. The minimum absolute atomic E-state index is 0.766. The fourth-order valence-corrected chi connectivity index (χ4v) is 3.39. The number of hydrogen-bond donors (Lipinski definition) is 1. The largest absolute Gasteiger partial charge is 0.399 e. The van der Waals surface area contributed by atoms with Gasteiger partial charge in [0.05, 0.1) is 0 Å². The van der Waals surface area contributed by atoms with Crippen molar-refractivity contribution in [2.75, 3.05) is 12.3 Å². The molecule has 1 aliphatic carbocycles. The molecule has 0 spiro atoms. The van der Waals surface area contributed by atoms with Crippen LogP contribution in [0.15, 0.2) is 22.7 Å². The number of anilines is 1. The van der Waals surface area contributed by atoms with E-state index in [4.69, 9.17) is 5.73 Å². The summed E-state index contributed by atoms with van der Waals surface area (Å²) in [5, 5.41) is 0. The molecular formula is C17H27BrN2. The van der Waals surface area contributed by atoms with Crippen molar-refractivity contribution in [1.82, 2.24) is 4.90 Å². The van der Waals surface area contributed by atoms with Crippen LogP contribution in [-0.2, 0) is 6.54 Å². The van der Waals surface area contributed by atoms with E-state index in [2.05, 4.69) is 46.8 Å². The first kappa shape index (κ1) is 15.8. The molecule has 1 aromatic rings. The Kier molecular flexibility index (Phi) is 5.91. The molecule has 112 valence electrons. The van der Waals surface area contributed by atoms with Gasteiger partial charge in [-0.15, -0.1) is 0 Å². The predicted octanol–water partition coefficient (Wildman–Crippen LogP) is 4.82. The Hall–Kier alpha value is -0.540. The van der Waals surface area contributed by atoms with Gasteiger partial charge >= 0.3 is 0 Å². The first-order valence-electron chi connectivity index (χ1n) is 7.84. The second-order valence-corrected chi connectivity index (χ2v) is 7.30. The van der Waals surface area contributed by atoms with E-state index < -0.39 is 0 Å². The van der Waals surface area contributed by atoms with Crippen molar-refractivity contribution < 1.29 is 0 Å². The van der Waals surface area contributed by atoms with Crippen molar-refractivity contribution in [2.24, 2.45) is 5.92 Å². The molecule has 0 atom stereocenters. The predicted molar refractivity (Wildman–Crippen MR) is 90.7 cm³/mol. The molecule has 0 unspecified atom stereocenters. The Morgan fingerprint density at radius 1 is 1.30 bits per heavy atom. The van der Waals surface area contributed by atoms with Crippen molar-refractivity contribution in [2.45, 2.75) is 58.5 Å². The lowest BCUT2D eigenvalue weighted by Gasteiger charge is -2.30. The van der Waals surface area contributed by atoms with Gasteiger partial charge < -0.3 is 5.73 Å². The highest BCUT2D eigenvalue weighted by Crippen LogP contribution is 2.28. The van der Waals surface area contributed by atoms with E-state index in [1.807, 2.05) is 6.07 Å². The lowest BCUT2D eigenvalue weighted by atomic mass is 10.1. The first-order chi connectivity index (χ1) is 9.56. The summed E-state index contributed by atoms with van der Waals surface area (Å²) in [5.74, 6) is 0.767. The highest BCUT2D eigenvalue weighted by molar-refractivity contribution is 9.10. The molecule has 0 radical (unpaired) electrons. The second kappa shape index (κ2) is 7.46. The summed E-state index contributed by atoms with van der Waals surface area (Å²) < 4.78 is 1.18. The smallest absolute Gasteiger partial charge is 0.0318 e. The zero-order chi connectivity index (χ0) is 14.5. The van der Waals surface area contributed by atoms with E-state index >= 15 is 0 Å². The van der Waals surface area contributed by atoms with Crippen LogP contribution in [0.4, 0.5) is 5.69 Å². The molecule has 0 bridgehead atoms. The van der Waals surface area contributed by atoms with Crippen molar-refractivity contribution in [3.63, 3.8) is 0 Å². The van der Waals surface area contributed by atoms with E-state index in [-0.39, 0.29) is 0 Å². The Balaban J connectivity index is 2.07. The Labute approximate surface area is 131 Å². The van der Waals surface area contributed by atoms with Gasteiger partial charge in [0, 0.05) is 22.7 Å². The Bertz CT molecular complexity index is 425. The Morgan fingerprint density at radius 2 is 2.00 bits per heavy atom. The highest BCUT2D eigenvalue weighted by Gasteiger charge is 2.23. The van der Waals surface area contributed by atoms with Gasteiger partial charge in [0.2, 0.25) is 0 Å². The zero-order valence-corrected chi connectivity index (χ0v) is 14.3. The number of benzene rings is 1. The van der Waals surface area contributed by atoms with Crippen LogP contribution in [0.25, 0.3) is 0 Å². The molecule has 1 saturated carbocycles. The van der Waals surface area contributed by atoms with Crippen LogP contribution < -0.4 is 5.73 Å². The monoisotopic (exact) mass is 338 g/mol. The van der Waals surface area contributed by atoms with E-state index in [0.29, 0.717) is 0 Å². The standard InChI is InChI=1S/C17H27BrN2/c1-13(2)9-10-20(16-5-3-4-6-16)12-14-11-15(19)7-8-17(14)18/h7-8,11,13,16H,3-6,9-10,12,19H2,1-2H3. The molecule has 0 heterocycles. The van der Waals surface area contributed by atoms with Gasteiger partial charge in [0.25, 0.3) is 0 Å². The summed E-state index contributed by atoms with van der Waals surface area (Å²) in [6, 6.07) is 6.91. The van der Waals surface area contributed by atoms with Crippen LogP contribution in [0.2, 0.25) is 0 Å². The third-order valence-corrected chi connectivity index (χ3v) is 5.05. The summed E-state index contributed by atoms with van der Waals surface area (Å²) in [6.45, 7) is 6.83. The molecule has 0 aromatic heterocycles. The lowest BCUT2D eigenvalue weighted by molar-refractivity contribution is 0.179. The lowest BCUT2D eigenvalue weighted by Crippen LogP contribution is -2.34. The van der Waals surface area contributed by atoms with E-state index in [9.17, 15) is 0 Å². The fourth-order valence-electron chi connectivity index (χ4n) is 3.02. The fraction of sp³-hybridized carbons (Fsp3) is 0.647. The molecule has 2 rings (SSSR count). The molecular weight excluding hydrogens is 312 g/mol. The summed E-state index contributed by atoms with van der Waals surface area (Å²) >= 11 is 3.67. The maximum atomic E-state index is 5.94. The number of halogens is 1. The van der Waals surface area contributed by atoms with Crippen LogP contribution in [0.1, 0.15) is 51.5 Å². The maximum Gasteiger partial charge on any atom is 0.0318 e. The molecule has 1 aliphatic rings. The number of nitrogens with zero attached hydrogens (tertiary/aromatic N) is 1. The molecule has 20 heavy (non-hydrogen) atoms. The second-order valence-electron chi connectivity index (χ2n) is 6.44. The first-order valence-corrected chi connectivity index (χ1v) is 8.63. The minimum Gasteiger partial charge on any atom is -0.399 e. The van der Waals surface area contributed by atoms with E-state index in [0.717, 1.165) is 24.2 Å². The third-order valence-electron chi connectivity index (χ3n) is 4.28. The van der Waals surface area contributed by atoms with Gasteiger partial charge in [-0.3, -0.25) is 4.90 Å². The van der Waals surface area contributed by atoms with Crippen LogP contribution in [0.5, 0.6) is 0 Å². The van der Waals surface area contributed by atoms with Crippen molar-refractivity contribution in [1.29, 1.82) is 0 Å². The molecule has 2 nitrogen and oxygen atoms in total. The summed E-state index contributed by atoms with van der Waals surface area (Å²) in [7, 11) is 0. The topological polar surface area (TPSA) is 29.3 Å².